The first-order valence-corrected chi connectivity index (χ1v) is 6.21. The van der Waals surface area contributed by atoms with Gasteiger partial charge in [0.05, 0.1) is 11.2 Å². The number of hydrogen-bond acceptors (Lipinski definition) is 2. The highest BCUT2D eigenvalue weighted by molar-refractivity contribution is 6.33. The minimum atomic E-state index is 0.0860. The predicted octanol–water partition coefficient (Wildman–Crippen LogP) is 3.47. The third kappa shape index (κ3) is 2.85. The molecule has 0 aliphatic heterocycles. The average molecular weight is 243 g/mol. The first-order chi connectivity index (χ1) is 7.61. The summed E-state index contributed by atoms with van der Waals surface area (Å²) in [5.74, 6) is 0.219. The highest BCUT2D eigenvalue weighted by atomic mass is 35.5. The van der Waals surface area contributed by atoms with Crippen LogP contribution in [0, 0.1) is 5.92 Å². The molecule has 1 aromatic heterocycles. The van der Waals surface area contributed by atoms with Gasteiger partial charge in [0.2, 0.25) is 0 Å². The van der Waals surface area contributed by atoms with E-state index in [0.717, 1.165) is 25.7 Å². The van der Waals surface area contributed by atoms with E-state index in [0.29, 0.717) is 10.7 Å². The number of ketones is 1. The third-order valence-corrected chi connectivity index (χ3v) is 3.05. The molecule has 0 aromatic carbocycles. The van der Waals surface area contributed by atoms with Crippen molar-refractivity contribution in [3.05, 3.63) is 16.9 Å². The van der Waals surface area contributed by atoms with Gasteiger partial charge in [0.15, 0.2) is 5.78 Å². The molecule has 0 unspecified atom stereocenters. The maximum Gasteiger partial charge on any atom is 0.185 e. The molecule has 0 N–H and O–H groups in total. The van der Waals surface area contributed by atoms with Crippen molar-refractivity contribution in [1.29, 1.82) is 0 Å². The van der Waals surface area contributed by atoms with Crippen LogP contribution in [0.2, 0.25) is 5.02 Å². The van der Waals surface area contributed by atoms with Crippen molar-refractivity contribution in [2.45, 2.75) is 39.5 Å². The Bertz CT molecular complexity index is 334. The molecule has 0 atom stereocenters. The second-order valence-corrected chi connectivity index (χ2v) is 4.51. The molecule has 0 amide bonds. The quantitative estimate of drug-likeness (QED) is 0.716. The van der Waals surface area contributed by atoms with E-state index in [2.05, 4.69) is 18.9 Å². The minimum Gasteiger partial charge on any atom is -0.292 e. The summed E-state index contributed by atoms with van der Waals surface area (Å²) >= 11 is 5.98. The molecule has 16 heavy (non-hydrogen) atoms. The fourth-order valence-electron chi connectivity index (χ4n) is 1.98. The Labute approximate surface area is 102 Å². The fraction of sp³-hybridized carbons (Fsp3) is 0.667. The molecule has 0 radical (unpaired) electrons. The summed E-state index contributed by atoms with van der Waals surface area (Å²) in [6.07, 6.45) is 5.42. The Morgan fingerprint density at radius 1 is 1.44 bits per heavy atom. The highest BCUT2D eigenvalue weighted by Crippen LogP contribution is 2.23. The molecule has 1 rings (SSSR count). The summed E-state index contributed by atoms with van der Waals surface area (Å²) in [6, 6.07) is 0. The Morgan fingerprint density at radius 3 is 2.38 bits per heavy atom. The summed E-state index contributed by atoms with van der Waals surface area (Å²) in [5, 5.41) is 4.47. The average Bonchev–Trinajstić information content (AvgIpc) is 2.57. The molecule has 0 spiro atoms. The Balaban J connectivity index is 2.89. The van der Waals surface area contributed by atoms with Crippen LogP contribution >= 0.6 is 11.6 Å². The molecule has 4 heteroatoms. The van der Waals surface area contributed by atoms with Gasteiger partial charge in [0.1, 0.15) is 5.69 Å². The number of halogens is 1. The molecule has 0 fully saturated rings. The largest absolute Gasteiger partial charge is 0.292 e. The van der Waals surface area contributed by atoms with Gasteiger partial charge in [-0.1, -0.05) is 38.3 Å². The van der Waals surface area contributed by atoms with E-state index in [1.807, 2.05) is 0 Å². The topological polar surface area (TPSA) is 34.9 Å². The number of aryl methyl sites for hydroxylation is 1. The van der Waals surface area contributed by atoms with E-state index in [4.69, 9.17) is 11.6 Å². The van der Waals surface area contributed by atoms with Crippen LogP contribution in [-0.4, -0.2) is 15.6 Å². The van der Waals surface area contributed by atoms with Crippen molar-refractivity contribution in [3.8, 4) is 0 Å². The number of Topliss-reactive ketones (excluding diaryl/α,β-unsaturated/α-hetero) is 1. The second-order valence-electron chi connectivity index (χ2n) is 4.10. The molecule has 1 heterocycles. The van der Waals surface area contributed by atoms with Crippen LogP contribution in [0.1, 0.15) is 50.0 Å². The van der Waals surface area contributed by atoms with Crippen LogP contribution in [0.5, 0.6) is 0 Å². The van der Waals surface area contributed by atoms with E-state index in [-0.39, 0.29) is 11.7 Å². The first-order valence-electron chi connectivity index (χ1n) is 5.83. The summed E-state index contributed by atoms with van der Waals surface area (Å²) < 4.78 is 1.57. The normalized spacial score (nSPS) is 11.1. The Hall–Kier alpha value is -0.830. The van der Waals surface area contributed by atoms with Crippen LogP contribution in [0.4, 0.5) is 0 Å². The van der Waals surface area contributed by atoms with Crippen LogP contribution < -0.4 is 0 Å². The molecule has 0 saturated carbocycles. The summed E-state index contributed by atoms with van der Waals surface area (Å²) in [7, 11) is 1.76. The highest BCUT2D eigenvalue weighted by Gasteiger charge is 2.23. The van der Waals surface area contributed by atoms with E-state index in [1.54, 1.807) is 11.7 Å². The number of aromatic nitrogens is 2. The van der Waals surface area contributed by atoms with Crippen LogP contribution in [-0.2, 0) is 7.05 Å². The second kappa shape index (κ2) is 6.04. The van der Waals surface area contributed by atoms with Gasteiger partial charge in [-0.3, -0.25) is 9.48 Å². The fourth-order valence-corrected chi connectivity index (χ4v) is 2.24. The molecular weight excluding hydrogens is 224 g/mol. The van der Waals surface area contributed by atoms with Gasteiger partial charge in [0, 0.05) is 13.0 Å². The Morgan fingerprint density at radius 2 is 2.00 bits per heavy atom. The van der Waals surface area contributed by atoms with Crippen molar-refractivity contribution in [2.24, 2.45) is 13.0 Å². The number of hydrogen-bond donors (Lipinski definition) is 0. The smallest absolute Gasteiger partial charge is 0.185 e. The molecular formula is C12H19ClN2O. The van der Waals surface area contributed by atoms with Crippen molar-refractivity contribution in [3.63, 3.8) is 0 Å². The lowest BCUT2D eigenvalue weighted by atomic mass is 9.92. The van der Waals surface area contributed by atoms with Gasteiger partial charge in [-0.05, 0) is 12.8 Å². The zero-order valence-corrected chi connectivity index (χ0v) is 10.9. The lowest BCUT2D eigenvalue weighted by Gasteiger charge is -2.14. The molecule has 0 aliphatic rings. The summed E-state index contributed by atoms with van der Waals surface area (Å²) in [4.78, 5) is 12.3. The standard InChI is InChI=1S/C12H19ClN2O/c1-4-6-9(7-5-2)12(16)11-10(13)8-14-15(11)3/h8-9H,4-7H2,1-3H3. The molecule has 90 valence electrons. The maximum absolute atomic E-state index is 12.3. The first kappa shape index (κ1) is 13.2. The van der Waals surface area contributed by atoms with Crippen LogP contribution in [0.25, 0.3) is 0 Å². The van der Waals surface area contributed by atoms with E-state index < -0.39 is 0 Å². The lowest BCUT2D eigenvalue weighted by Crippen LogP contribution is -2.18. The number of carbonyl (C=O) groups is 1. The van der Waals surface area contributed by atoms with Crippen molar-refractivity contribution < 1.29 is 4.79 Å². The number of rotatable bonds is 6. The molecule has 3 nitrogen and oxygen atoms in total. The van der Waals surface area contributed by atoms with Gasteiger partial charge in [-0.25, -0.2) is 0 Å². The van der Waals surface area contributed by atoms with Gasteiger partial charge in [-0.2, -0.15) is 5.10 Å². The number of nitrogens with zero attached hydrogens (tertiary/aromatic N) is 2. The van der Waals surface area contributed by atoms with Gasteiger partial charge >= 0.3 is 0 Å². The Kier molecular flexibility index (Phi) is 5.00. The van der Waals surface area contributed by atoms with Gasteiger partial charge in [0.25, 0.3) is 0 Å². The van der Waals surface area contributed by atoms with Crippen LogP contribution in [0.3, 0.4) is 0 Å². The van der Waals surface area contributed by atoms with Gasteiger partial charge < -0.3 is 0 Å². The third-order valence-electron chi connectivity index (χ3n) is 2.77. The van der Waals surface area contributed by atoms with Crippen LogP contribution in [0.15, 0.2) is 6.20 Å². The maximum atomic E-state index is 12.3. The molecule has 0 saturated heterocycles. The van der Waals surface area contributed by atoms with E-state index in [9.17, 15) is 4.79 Å². The van der Waals surface area contributed by atoms with Crippen molar-refractivity contribution in [1.82, 2.24) is 9.78 Å². The molecule has 0 aliphatic carbocycles. The zero-order valence-electron chi connectivity index (χ0n) is 10.2. The van der Waals surface area contributed by atoms with Crippen molar-refractivity contribution in [2.75, 3.05) is 0 Å². The summed E-state index contributed by atoms with van der Waals surface area (Å²) in [5.41, 5.74) is 0.550. The minimum absolute atomic E-state index is 0.0860. The van der Waals surface area contributed by atoms with E-state index in [1.165, 1.54) is 6.20 Å². The van der Waals surface area contributed by atoms with Gasteiger partial charge in [-0.15, -0.1) is 0 Å². The molecule has 1 aromatic rings. The number of carbonyl (C=O) groups excluding carboxylic acids is 1. The summed E-state index contributed by atoms with van der Waals surface area (Å²) in [6.45, 7) is 4.20. The SMILES string of the molecule is CCCC(CCC)C(=O)c1c(Cl)cnn1C. The monoisotopic (exact) mass is 242 g/mol. The zero-order chi connectivity index (χ0) is 12.1. The van der Waals surface area contributed by atoms with E-state index >= 15 is 0 Å². The predicted molar refractivity (Wildman–Crippen MR) is 65.9 cm³/mol. The van der Waals surface area contributed by atoms with Crippen molar-refractivity contribution >= 4 is 17.4 Å². The lowest BCUT2D eigenvalue weighted by molar-refractivity contribution is 0.0895. The molecule has 0 bridgehead atoms.